The van der Waals surface area contributed by atoms with Crippen LogP contribution in [-0.4, -0.2) is 10.8 Å². The molecule has 0 N–H and O–H groups in total. The standard InChI is InChI=1S/C12H11NOS/c1-8-7-10(3-5-13-8)12(14)11-4-6-15-9(11)2/h3-7H,1-2H3. The summed E-state index contributed by atoms with van der Waals surface area (Å²) in [6, 6.07) is 5.45. The van der Waals surface area contributed by atoms with Crippen LogP contribution in [0.15, 0.2) is 29.8 Å². The molecule has 0 aliphatic carbocycles. The molecule has 0 fully saturated rings. The van der Waals surface area contributed by atoms with Gasteiger partial charge in [-0.1, -0.05) is 0 Å². The van der Waals surface area contributed by atoms with Gasteiger partial charge in [0, 0.05) is 27.9 Å². The Morgan fingerprint density at radius 2 is 2.13 bits per heavy atom. The van der Waals surface area contributed by atoms with Gasteiger partial charge < -0.3 is 0 Å². The van der Waals surface area contributed by atoms with Crippen LogP contribution in [0.5, 0.6) is 0 Å². The van der Waals surface area contributed by atoms with E-state index in [1.165, 1.54) is 0 Å². The van der Waals surface area contributed by atoms with Crippen LogP contribution in [0.1, 0.15) is 26.5 Å². The summed E-state index contributed by atoms with van der Waals surface area (Å²) >= 11 is 1.60. The molecule has 0 aliphatic heterocycles. The monoisotopic (exact) mass is 217 g/mol. The van der Waals surface area contributed by atoms with E-state index in [0.29, 0.717) is 5.56 Å². The molecule has 0 bridgehead atoms. The van der Waals surface area contributed by atoms with Gasteiger partial charge in [-0.25, -0.2) is 0 Å². The molecule has 15 heavy (non-hydrogen) atoms. The predicted octanol–water partition coefficient (Wildman–Crippen LogP) is 2.99. The third kappa shape index (κ3) is 1.97. The molecule has 0 atom stereocenters. The van der Waals surface area contributed by atoms with Gasteiger partial charge in [-0.2, -0.15) is 0 Å². The van der Waals surface area contributed by atoms with Crippen LogP contribution < -0.4 is 0 Å². The van der Waals surface area contributed by atoms with E-state index in [2.05, 4.69) is 4.98 Å². The van der Waals surface area contributed by atoms with Crippen molar-refractivity contribution in [2.75, 3.05) is 0 Å². The van der Waals surface area contributed by atoms with E-state index >= 15 is 0 Å². The minimum Gasteiger partial charge on any atom is -0.289 e. The molecule has 2 nitrogen and oxygen atoms in total. The quantitative estimate of drug-likeness (QED) is 0.724. The number of thiophene rings is 1. The first-order valence-electron chi connectivity index (χ1n) is 4.70. The molecule has 0 unspecified atom stereocenters. The first kappa shape index (κ1) is 10.1. The topological polar surface area (TPSA) is 30.0 Å². The second-order valence-corrected chi connectivity index (χ2v) is 4.53. The van der Waals surface area contributed by atoms with Crippen LogP contribution in [0.2, 0.25) is 0 Å². The van der Waals surface area contributed by atoms with Crippen molar-refractivity contribution in [2.24, 2.45) is 0 Å². The van der Waals surface area contributed by atoms with E-state index < -0.39 is 0 Å². The van der Waals surface area contributed by atoms with Crippen molar-refractivity contribution in [1.29, 1.82) is 0 Å². The van der Waals surface area contributed by atoms with E-state index in [1.807, 2.05) is 31.4 Å². The number of ketones is 1. The molecule has 2 aromatic heterocycles. The fourth-order valence-electron chi connectivity index (χ4n) is 1.46. The highest BCUT2D eigenvalue weighted by molar-refractivity contribution is 7.10. The summed E-state index contributed by atoms with van der Waals surface area (Å²) in [6.07, 6.45) is 1.67. The van der Waals surface area contributed by atoms with Crippen molar-refractivity contribution in [3.8, 4) is 0 Å². The normalized spacial score (nSPS) is 10.3. The summed E-state index contributed by atoms with van der Waals surface area (Å²) in [5, 5.41) is 1.94. The predicted molar refractivity (Wildman–Crippen MR) is 61.5 cm³/mol. The number of carbonyl (C=O) groups excluding carboxylic acids is 1. The van der Waals surface area contributed by atoms with Crippen molar-refractivity contribution >= 4 is 17.1 Å². The fourth-order valence-corrected chi connectivity index (χ4v) is 2.16. The second-order valence-electron chi connectivity index (χ2n) is 3.41. The molecule has 2 aromatic rings. The van der Waals surface area contributed by atoms with Gasteiger partial charge in [0.2, 0.25) is 0 Å². The molecule has 0 saturated carbocycles. The summed E-state index contributed by atoms with van der Waals surface area (Å²) in [4.78, 5) is 17.2. The number of carbonyl (C=O) groups is 1. The van der Waals surface area contributed by atoms with Crippen LogP contribution in [-0.2, 0) is 0 Å². The molecule has 0 amide bonds. The first-order chi connectivity index (χ1) is 7.18. The number of pyridine rings is 1. The average Bonchev–Trinajstić information content (AvgIpc) is 2.63. The summed E-state index contributed by atoms with van der Waals surface area (Å²) in [6.45, 7) is 3.85. The lowest BCUT2D eigenvalue weighted by Crippen LogP contribution is -2.01. The van der Waals surface area contributed by atoms with Crippen LogP contribution in [0.4, 0.5) is 0 Å². The maximum atomic E-state index is 12.1. The lowest BCUT2D eigenvalue weighted by atomic mass is 10.1. The van der Waals surface area contributed by atoms with Gasteiger partial charge in [-0.15, -0.1) is 11.3 Å². The Balaban J connectivity index is 2.41. The van der Waals surface area contributed by atoms with Gasteiger partial charge in [-0.3, -0.25) is 9.78 Å². The smallest absolute Gasteiger partial charge is 0.194 e. The molecule has 0 spiro atoms. The van der Waals surface area contributed by atoms with Gasteiger partial charge in [0.1, 0.15) is 0 Å². The van der Waals surface area contributed by atoms with Crippen molar-refractivity contribution in [3.63, 3.8) is 0 Å². The van der Waals surface area contributed by atoms with E-state index in [0.717, 1.165) is 16.1 Å². The van der Waals surface area contributed by atoms with Gasteiger partial charge in [-0.05, 0) is 37.4 Å². The van der Waals surface area contributed by atoms with E-state index in [4.69, 9.17) is 0 Å². The van der Waals surface area contributed by atoms with Crippen LogP contribution in [0.25, 0.3) is 0 Å². The number of aryl methyl sites for hydroxylation is 2. The van der Waals surface area contributed by atoms with E-state index in [-0.39, 0.29) is 5.78 Å². The maximum absolute atomic E-state index is 12.1. The fraction of sp³-hybridized carbons (Fsp3) is 0.167. The SMILES string of the molecule is Cc1cc(C(=O)c2ccsc2C)ccn1. The Morgan fingerprint density at radius 3 is 2.73 bits per heavy atom. The van der Waals surface area contributed by atoms with Crippen LogP contribution in [0.3, 0.4) is 0 Å². The zero-order valence-electron chi connectivity index (χ0n) is 8.65. The Bertz CT molecular complexity index is 502. The van der Waals surface area contributed by atoms with Crippen molar-refractivity contribution in [1.82, 2.24) is 4.98 Å². The highest BCUT2D eigenvalue weighted by Crippen LogP contribution is 2.19. The van der Waals surface area contributed by atoms with E-state index in [1.54, 1.807) is 23.6 Å². The molecule has 3 heteroatoms. The molecule has 0 radical (unpaired) electrons. The summed E-state index contributed by atoms with van der Waals surface area (Å²) in [7, 11) is 0. The molecule has 0 aliphatic rings. The minimum absolute atomic E-state index is 0.0826. The van der Waals surface area contributed by atoms with Gasteiger partial charge in [0.15, 0.2) is 5.78 Å². The molecular weight excluding hydrogens is 206 g/mol. The summed E-state index contributed by atoms with van der Waals surface area (Å²) in [5.74, 6) is 0.0826. The van der Waals surface area contributed by atoms with Crippen LogP contribution in [0, 0.1) is 13.8 Å². The first-order valence-corrected chi connectivity index (χ1v) is 5.58. The molecule has 0 aromatic carbocycles. The lowest BCUT2D eigenvalue weighted by Gasteiger charge is -2.00. The lowest BCUT2D eigenvalue weighted by molar-refractivity contribution is 0.103. The minimum atomic E-state index is 0.0826. The molecule has 2 heterocycles. The Labute approximate surface area is 92.6 Å². The zero-order valence-corrected chi connectivity index (χ0v) is 9.47. The van der Waals surface area contributed by atoms with Gasteiger partial charge >= 0.3 is 0 Å². The molecule has 0 saturated heterocycles. The molecular formula is C12H11NOS. The second kappa shape index (κ2) is 3.95. The Hall–Kier alpha value is -1.48. The number of aromatic nitrogens is 1. The largest absolute Gasteiger partial charge is 0.289 e. The van der Waals surface area contributed by atoms with Gasteiger partial charge in [0.05, 0.1) is 0 Å². The van der Waals surface area contributed by atoms with Gasteiger partial charge in [0.25, 0.3) is 0 Å². The van der Waals surface area contributed by atoms with Crippen molar-refractivity contribution < 1.29 is 4.79 Å². The average molecular weight is 217 g/mol. The van der Waals surface area contributed by atoms with E-state index in [9.17, 15) is 4.79 Å². The zero-order chi connectivity index (χ0) is 10.8. The number of rotatable bonds is 2. The number of nitrogens with zero attached hydrogens (tertiary/aromatic N) is 1. The third-order valence-corrected chi connectivity index (χ3v) is 3.11. The number of hydrogen-bond acceptors (Lipinski definition) is 3. The van der Waals surface area contributed by atoms with Crippen molar-refractivity contribution in [2.45, 2.75) is 13.8 Å². The third-order valence-electron chi connectivity index (χ3n) is 2.26. The summed E-state index contributed by atoms with van der Waals surface area (Å²) < 4.78 is 0. The maximum Gasteiger partial charge on any atom is 0.194 e. The Morgan fingerprint density at radius 1 is 1.33 bits per heavy atom. The Kier molecular flexibility index (Phi) is 2.64. The molecule has 76 valence electrons. The molecule has 2 rings (SSSR count). The summed E-state index contributed by atoms with van der Waals surface area (Å²) in [5.41, 5.74) is 2.38. The van der Waals surface area contributed by atoms with Crippen molar-refractivity contribution in [3.05, 3.63) is 51.5 Å². The number of hydrogen-bond donors (Lipinski definition) is 0. The van der Waals surface area contributed by atoms with Crippen LogP contribution >= 0.6 is 11.3 Å². The highest BCUT2D eigenvalue weighted by Gasteiger charge is 2.12. The highest BCUT2D eigenvalue weighted by atomic mass is 32.1.